The van der Waals surface area contributed by atoms with Gasteiger partial charge in [0.25, 0.3) is 0 Å². The fourth-order valence-electron chi connectivity index (χ4n) is 2.87. The van der Waals surface area contributed by atoms with Gasteiger partial charge in [-0.25, -0.2) is 0 Å². The number of nitrogens with one attached hydrogen (secondary N) is 1. The molecule has 4 nitrogen and oxygen atoms in total. The van der Waals surface area contributed by atoms with Gasteiger partial charge in [-0.05, 0) is 25.2 Å². The molecule has 1 heterocycles. The van der Waals surface area contributed by atoms with Crippen LogP contribution in [0.1, 0.15) is 60.3 Å². The summed E-state index contributed by atoms with van der Waals surface area (Å²) in [5.41, 5.74) is -0.684. The van der Waals surface area contributed by atoms with Crippen molar-refractivity contribution in [2.24, 2.45) is 5.92 Å². The molecule has 1 rings (SSSR count). The predicted octanol–water partition coefficient (Wildman–Crippen LogP) is 2.33. The van der Waals surface area contributed by atoms with Gasteiger partial charge in [0.1, 0.15) is 11.6 Å². The first-order chi connectivity index (χ1) is 8.93. The largest absolute Gasteiger partial charge is 0.340 e. The molecule has 0 aromatic rings. The van der Waals surface area contributed by atoms with E-state index in [-0.39, 0.29) is 23.8 Å². The highest BCUT2D eigenvalue weighted by atomic mass is 16.2. The zero-order chi connectivity index (χ0) is 14.6. The molecule has 0 spiro atoms. The van der Waals surface area contributed by atoms with E-state index in [1.807, 2.05) is 32.6 Å². The molecule has 0 saturated carbocycles. The van der Waals surface area contributed by atoms with Crippen molar-refractivity contribution >= 4 is 11.8 Å². The van der Waals surface area contributed by atoms with Crippen LogP contribution in [0.5, 0.6) is 0 Å². The molecule has 1 N–H and O–H groups in total. The molecular formula is C15H28N2O2. The van der Waals surface area contributed by atoms with Crippen LogP contribution in [-0.4, -0.2) is 34.8 Å². The first-order valence-electron chi connectivity index (χ1n) is 7.56. The Morgan fingerprint density at radius 2 is 1.79 bits per heavy atom. The lowest BCUT2D eigenvalue weighted by atomic mass is 9.84. The SMILES string of the molecule is CCCCN1C(=O)C(CC)(CC)NC(=O)C1C(C)C. The van der Waals surface area contributed by atoms with Gasteiger partial charge < -0.3 is 10.2 Å². The number of hydrogen-bond acceptors (Lipinski definition) is 2. The Morgan fingerprint density at radius 3 is 2.21 bits per heavy atom. The Kier molecular flexibility index (Phi) is 5.39. The average Bonchev–Trinajstić information content (AvgIpc) is 2.38. The zero-order valence-corrected chi connectivity index (χ0v) is 13.0. The lowest BCUT2D eigenvalue weighted by Crippen LogP contribution is -2.71. The summed E-state index contributed by atoms with van der Waals surface area (Å²) in [5.74, 6) is 0.256. The molecule has 1 fully saturated rings. The Bertz CT molecular complexity index is 335. The Hall–Kier alpha value is -1.06. The number of nitrogens with zero attached hydrogens (tertiary/aromatic N) is 1. The monoisotopic (exact) mass is 268 g/mol. The minimum atomic E-state index is -0.684. The summed E-state index contributed by atoms with van der Waals surface area (Å²) in [4.78, 5) is 27.0. The predicted molar refractivity (Wildman–Crippen MR) is 76.7 cm³/mol. The van der Waals surface area contributed by atoms with Crippen molar-refractivity contribution in [3.8, 4) is 0 Å². The highest BCUT2D eigenvalue weighted by Gasteiger charge is 2.49. The molecule has 1 atom stereocenters. The van der Waals surface area contributed by atoms with Crippen LogP contribution >= 0.6 is 0 Å². The van der Waals surface area contributed by atoms with Crippen molar-refractivity contribution in [3.05, 3.63) is 0 Å². The van der Waals surface area contributed by atoms with E-state index in [1.54, 1.807) is 0 Å². The smallest absolute Gasteiger partial charge is 0.248 e. The van der Waals surface area contributed by atoms with Crippen molar-refractivity contribution in [2.45, 2.75) is 71.9 Å². The van der Waals surface area contributed by atoms with E-state index in [1.165, 1.54) is 0 Å². The van der Waals surface area contributed by atoms with Crippen LogP contribution < -0.4 is 5.32 Å². The maximum absolute atomic E-state index is 12.8. The van der Waals surface area contributed by atoms with Crippen LogP contribution in [0.15, 0.2) is 0 Å². The summed E-state index contributed by atoms with van der Waals surface area (Å²) in [6.07, 6.45) is 3.29. The first kappa shape index (κ1) is 16.0. The number of piperazine rings is 1. The summed E-state index contributed by atoms with van der Waals surface area (Å²) in [7, 11) is 0. The van der Waals surface area contributed by atoms with Gasteiger partial charge in [-0.3, -0.25) is 9.59 Å². The first-order valence-corrected chi connectivity index (χ1v) is 7.56. The summed E-state index contributed by atoms with van der Waals surface area (Å²) >= 11 is 0. The number of unbranched alkanes of at least 4 members (excludes halogenated alkanes) is 1. The number of carbonyl (C=O) groups is 2. The lowest BCUT2D eigenvalue weighted by Gasteiger charge is -2.46. The molecule has 110 valence electrons. The summed E-state index contributed by atoms with van der Waals surface area (Å²) in [6, 6.07) is -0.315. The average molecular weight is 268 g/mol. The van der Waals surface area contributed by atoms with E-state index < -0.39 is 5.54 Å². The number of rotatable bonds is 6. The third-order valence-electron chi connectivity index (χ3n) is 4.23. The van der Waals surface area contributed by atoms with Gasteiger partial charge in [0, 0.05) is 6.54 Å². The molecule has 0 aliphatic carbocycles. The van der Waals surface area contributed by atoms with Gasteiger partial charge in [-0.15, -0.1) is 0 Å². The van der Waals surface area contributed by atoms with Crippen LogP contribution in [0.25, 0.3) is 0 Å². The van der Waals surface area contributed by atoms with Crippen LogP contribution in [0, 0.1) is 5.92 Å². The molecule has 0 aromatic carbocycles. The van der Waals surface area contributed by atoms with Gasteiger partial charge in [0.15, 0.2) is 0 Å². The summed E-state index contributed by atoms with van der Waals surface area (Å²) in [6.45, 7) is 10.7. The van der Waals surface area contributed by atoms with Crippen molar-refractivity contribution in [1.29, 1.82) is 0 Å². The maximum atomic E-state index is 12.8. The molecule has 1 aliphatic heterocycles. The minimum absolute atomic E-state index is 0.00871. The molecule has 0 aromatic heterocycles. The van der Waals surface area contributed by atoms with E-state index in [2.05, 4.69) is 12.2 Å². The van der Waals surface area contributed by atoms with Gasteiger partial charge in [-0.1, -0.05) is 41.0 Å². The van der Waals surface area contributed by atoms with E-state index in [0.717, 1.165) is 12.8 Å². The maximum Gasteiger partial charge on any atom is 0.248 e. The van der Waals surface area contributed by atoms with Crippen molar-refractivity contribution < 1.29 is 9.59 Å². The molecular weight excluding hydrogens is 240 g/mol. The standard InChI is InChI=1S/C15H28N2O2/c1-6-9-10-17-12(11(4)5)13(18)16-15(7-2,8-3)14(17)19/h11-12H,6-10H2,1-5H3,(H,16,18). The van der Waals surface area contributed by atoms with E-state index in [9.17, 15) is 9.59 Å². The van der Waals surface area contributed by atoms with Crippen molar-refractivity contribution in [1.82, 2.24) is 10.2 Å². The normalized spacial score (nSPS) is 22.8. The highest BCUT2D eigenvalue weighted by molar-refractivity contribution is 5.99. The minimum Gasteiger partial charge on any atom is -0.340 e. The quantitative estimate of drug-likeness (QED) is 0.803. The Morgan fingerprint density at radius 1 is 1.21 bits per heavy atom. The molecule has 1 saturated heterocycles. The third kappa shape index (κ3) is 2.93. The molecule has 19 heavy (non-hydrogen) atoms. The zero-order valence-electron chi connectivity index (χ0n) is 13.0. The summed E-state index contributed by atoms with van der Waals surface area (Å²) in [5, 5.41) is 2.99. The Labute approximate surface area is 116 Å². The fraction of sp³-hybridized carbons (Fsp3) is 0.867. The van der Waals surface area contributed by atoms with Crippen molar-refractivity contribution in [3.63, 3.8) is 0 Å². The molecule has 0 bridgehead atoms. The number of hydrogen-bond donors (Lipinski definition) is 1. The topological polar surface area (TPSA) is 49.4 Å². The van der Waals surface area contributed by atoms with Crippen LogP contribution in [-0.2, 0) is 9.59 Å². The molecule has 4 heteroatoms. The summed E-state index contributed by atoms with van der Waals surface area (Å²) < 4.78 is 0. The third-order valence-corrected chi connectivity index (χ3v) is 4.23. The molecule has 0 radical (unpaired) electrons. The second kappa shape index (κ2) is 6.40. The van der Waals surface area contributed by atoms with Gasteiger partial charge in [-0.2, -0.15) is 0 Å². The number of carbonyl (C=O) groups excluding carboxylic acids is 2. The lowest BCUT2D eigenvalue weighted by molar-refractivity contribution is -0.157. The van der Waals surface area contributed by atoms with Gasteiger partial charge >= 0.3 is 0 Å². The van der Waals surface area contributed by atoms with Gasteiger partial charge in [0.05, 0.1) is 0 Å². The van der Waals surface area contributed by atoms with Crippen LogP contribution in [0.4, 0.5) is 0 Å². The molecule has 2 amide bonds. The van der Waals surface area contributed by atoms with E-state index >= 15 is 0 Å². The highest BCUT2D eigenvalue weighted by Crippen LogP contribution is 2.28. The second-order valence-corrected chi connectivity index (χ2v) is 5.82. The Balaban J connectivity index is 3.07. The number of amides is 2. The second-order valence-electron chi connectivity index (χ2n) is 5.82. The van der Waals surface area contributed by atoms with Crippen LogP contribution in [0.2, 0.25) is 0 Å². The molecule has 1 aliphatic rings. The fourth-order valence-corrected chi connectivity index (χ4v) is 2.87. The van der Waals surface area contributed by atoms with Crippen molar-refractivity contribution in [2.75, 3.05) is 6.54 Å². The van der Waals surface area contributed by atoms with Crippen LogP contribution in [0.3, 0.4) is 0 Å². The molecule has 1 unspecified atom stereocenters. The van der Waals surface area contributed by atoms with Gasteiger partial charge in [0.2, 0.25) is 11.8 Å². The van der Waals surface area contributed by atoms with E-state index in [0.29, 0.717) is 19.4 Å². The van der Waals surface area contributed by atoms with E-state index in [4.69, 9.17) is 0 Å².